The zero-order chi connectivity index (χ0) is 19.7. The van der Waals surface area contributed by atoms with Gasteiger partial charge in [0.2, 0.25) is 17.7 Å². The lowest BCUT2D eigenvalue weighted by molar-refractivity contribution is 0.355. The number of aryl methyl sites for hydroxylation is 1. The van der Waals surface area contributed by atoms with Gasteiger partial charge in [0, 0.05) is 11.3 Å². The average molecular weight is 382 g/mol. The van der Waals surface area contributed by atoms with E-state index in [4.69, 9.17) is 18.6 Å². The molecule has 1 aromatic carbocycles. The highest BCUT2D eigenvalue weighted by atomic mass is 16.5. The Kier molecular flexibility index (Phi) is 4.44. The van der Waals surface area contributed by atoms with Crippen molar-refractivity contribution in [2.75, 3.05) is 26.6 Å². The van der Waals surface area contributed by atoms with Crippen LogP contribution >= 0.6 is 0 Å². The van der Waals surface area contributed by atoms with E-state index in [1.807, 2.05) is 13.0 Å². The summed E-state index contributed by atoms with van der Waals surface area (Å²) in [6.45, 7) is 1.88. The van der Waals surface area contributed by atoms with E-state index in [1.165, 1.54) is 0 Å². The molecule has 0 aliphatic heterocycles. The van der Waals surface area contributed by atoms with E-state index in [1.54, 1.807) is 39.5 Å². The maximum absolute atomic E-state index is 5.69. The Morgan fingerprint density at radius 2 is 1.79 bits per heavy atom. The van der Waals surface area contributed by atoms with Crippen LogP contribution < -0.4 is 19.5 Å². The topological polar surface area (TPSA) is 120 Å². The molecule has 0 spiro atoms. The Morgan fingerprint density at radius 3 is 2.54 bits per heavy atom. The van der Waals surface area contributed by atoms with Crippen molar-refractivity contribution in [3.63, 3.8) is 0 Å². The molecular weight excluding hydrogens is 364 g/mol. The third-order valence-electron chi connectivity index (χ3n) is 4.04. The molecule has 10 heteroatoms. The second-order valence-corrected chi connectivity index (χ2v) is 5.86. The van der Waals surface area contributed by atoms with Crippen LogP contribution in [-0.4, -0.2) is 46.5 Å². The summed E-state index contributed by atoms with van der Waals surface area (Å²) in [5, 5.41) is 11.0. The van der Waals surface area contributed by atoms with E-state index in [9.17, 15) is 0 Å². The largest absolute Gasteiger partial charge is 0.493 e. The molecule has 0 aliphatic rings. The summed E-state index contributed by atoms with van der Waals surface area (Å²) >= 11 is 0. The van der Waals surface area contributed by atoms with Crippen LogP contribution in [0.5, 0.6) is 17.4 Å². The first-order valence-corrected chi connectivity index (χ1v) is 8.35. The number of ether oxygens (including phenoxy) is 3. The molecule has 2 N–H and O–H groups in total. The van der Waals surface area contributed by atoms with Gasteiger partial charge < -0.3 is 23.6 Å². The molecule has 0 amide bonds. The molecule has 28 heavy (non-hydrogen) atoms. The molecule has 0 atom stereocenters. The standard InChI is InChI=1S/C18H18N6O4/c1-9-7-11-14(16(19-9)27-4)21-17(20-11)22-18-24-23-15(28-18)10-5-6-12(25-2)13(8-10)26-3/h5-8H,1-4H3,(H2,20,21,22,24). The van der Waals surface area contributed by atoms with Crippen molar-refractivity contribution >= 4 is 23.0 Å². The SMILES string of the molecule is COc1ccc(-c2nnc(Nc3nc4c(OC)nc(C)cc4[nH]3)o2)cc1OC. The van der Waals surface area contributed by atoms with Crippen LogP contribution in [0.15, 0.2) is 28.7 Å². The van der Waals surface area contributed by atoms with E-state index in [0.717, 1.165) is 11.2 Å². The molecule has 4 aromatic rings. The van der Waals surface area contributed by atoms with E-state index in [0.29, 0.717) is 40.3 Å². The van der Waals surface area contributed by atoms with E-state index >= 15 is 0 Å². The van der Waals surface area contributed by atoms with E-state index in [2.05, 4.69) is 30.5 Å². The van der Waals surface area contributed by atoms with Gasteiger partial charge in [-0.1, -0.05) is 5.10 Å². The Hall–Kier alpha value is -3.82. The van der Waals surface area contributed by atoms with Gasteiger partial charge in [-0.2, -0.15) is 0 Å². The Bertz CT molecular complexity index is 1140. The summed E-state index contributed by atoms with van der Waals surface area (Å²) in [7, 11) is 4.69. The zero-order valence-corrected chi connectivity index (χ0v) is 15.7. The predicted molar refractivity (Wildman–Crippen MR) is 101 cm³/mol. The number of rotatable bonds is 6. The number of aromatic nitrogens is 5. The summed E-state index contributed by atoms with van der Waals surface area (Å²) in [5.41, 5.74) is 2.90. The van der Waals surface area contributed by atoms with Gasteiger partial charge in [-0.15, -0.1) is 5.10 Å². The van der Waals surface area contributed by atoms with Crippen molar-refractivity contribution in [3.05, 3.63) is 30.0 Å². The third-order valence-corrected chi connectivity index (χ3v) is 4.04. The second-order valence-electron chi connectivity index (χ2n) is 5.86. The Balaban J connectivity index is 1.61. The van der Waals surface area contributed by atoms with Crippen molar-refractivity contribution in [2.24, 2.45) is 0 Å². The molecule has 10 nitrogen and oxygen atoms in total. The van der Waals surface area contributed by atoms with E-state index in [-0.39, 0.29) is 6.01 Å². The minimum absolute atomic E-state index is 0.187. The van der Waals surface area contributed by atoms with Crippen molar-refractivity contribution < 1.29 is 18.6 Å². The summed E-state index contributed by atoms with van der Waals surface area (Å²) in [6.07, 6.45) is 0. The number of benzene rings is 1. The number of fused-ring (bicyclic) bond motifs is 1. The smallest absolute Gasteiger partial charge is 0.322 e. The fourth-order valence-electron chi connectivity index (χ4n) is 2.77. The van der Waals surface area contributed by atoms with Gasteiger partial charge >= 0.3 is 6.01 Å². The van der Waals surface area contributed by atoms with Crippen LogP contribution in [0.25, 0.3) is 22.5 Å². The summed E-state index contributed by atoms with van der Waals surface area (Å²) < 4.78 is 21.5. The number of pyridine rings is 1. The summed E-state index contributed by atoms with van der Waals surface area (Å²) in [5.74, 6) is 2.39. The fourth-order valence-corrected chi connectivity index (χ4v) is 2.77. The molecule has 0 radical (unpaired) electrons. The number of nitrogens with zero attached hydrogens (tertiary/aromatic N) is 4. The first-order chi connectivity index (χ1) is 13.6. The van der Waals surface area contributed by atoms with Crippen LogP contribution in [0.4, 0.5) is 12.0 Å². The number of H-pyrrole nitrogens is 1. The molecule has 0 unspecified atom stereocenters. The number of aromatic amines is 1. The van der Waals surface area contributed by atoms with Gasteiger partial charge in [0.15, 0.2) is 17.0 Å². The highest BCUT2D eigenvalue weighted by molar-refractivity contribution is 5.82. The van der Waals surface area contributed by atoms with Crippen LogP contribution in [-0.2, 0) is 0 Å². The molecule has 0 aliphatic carbocycles. The number of nitrogens with one attached hydrogen (secondary N) is 2. The monoisotopic (exact) mass is 382 g/mol. The highest BCUT2D eigenvalue weighted by Gasteiger charge is 2.15. The fraction of sp³-hybridized carbons (Fsp3) is 0.222. The molecule has 0 saturated carbocycles. The third kappa shape index (κ3) is 3.15. The lowest BCUT2D eigenvalue weighted by atomic mass is 10.2. The molecule has 0 fully saturated rings. The van der Waals surface area contributed by atoms with Crippen molar-refractivity contribution in [1.29, 1.82) is 0 Å². The summed E-state index contributed by atoms with van der Waals surface area (Å²) in [6, 6.07) is 7.40. The van der Waals surface area contributed by atoms with Crippen LogP contribution in [0.1, 0.15) is 5.69 Å². The second kappa shape index (κ2) is 7.06. The summed E-state index contributed by atoms with van der Waals surface area (Å²) in [4.78, 5) is 11.9. The maximum Gasteiger partial charge on any atom is 0.322 e. The number of hydrogen-bond donors (Lipinski definition) is 2. The minimum Gasteiger partial charge on any atom is -0.493 e. The van der Waals surface area contributed by atoms with Crippen LogP contribution in [0.3, 0.4) is 0 Å². The van der Waals surface area contributed by atoms with Crippen molar-refractivity contribution in [3.8, 4) is 28.8 Å². The maximum atomic E-state index is 5.69. The van der Waals surface area contributed by atoms with Gasteiger partial charge in [-0.25, -0.2) is 9.97 Å². The predicted octanol–water partition coefficient (Wildman–Crippen LogP) is 3.09. The minimum atomic E-state index is 0.187. The lowest BCUT2D eigenvalue weighted by Gasteiger charge is -2.07. The molecule has 4 rings (SSSR count). The van der Waals surface area contributed by atoms with Gasteiger partial charge in [0.05, 0.1) is 26.8 Å². The van der Waals surface area contributed by atoms with Crippen molar-refractivity contribution in [2.45, 2.75) is 6.92 Å². The van der Waals surface area contributed by atoms with E-state index < -0.39 is 0 Å². The van der Waals surface area contributed by atoms with Gasteiger partial charge in [0.25, 0.3) is 0 Å². The molecule has 144 valence electrons. The Labute approximate surface area is 159 Å². The highest BCUT2D eigenvalue weighted by Crippen LogP contribution is 2.32. The lowest BCUT2D eigenvalue weighted by Crippen LogP contribution is -1.92. The molecular formula is C18H18N6O4. The van der Waals surface area contributed by atoms with Crippen molar-refractivity contribution in [1.82, 2.24) is 25.1 Å². The zero-order valence-electron chi connectivity index (χ0n) is 15.7. The normalized spacial score (nSPS) is 10.9. The van der Waals surface area contributed by atoms with Gasteiger partial charge in [0.1, 0.15) is 0 Å². The molecule has 3 aromatic heterocycles. The van der Waals surface area contributed by atoms with Crippen LogP contribution in [0, 0.1) is 6.92 Å². The molecule has 0 saturated heterocycles. The number of methoxy groups -OCH3 is 3. The van der Waals surface area contributed by atoms with Gasteiger partial charge in [-0.3, -0.25) is 5.32 Å². The van der Waals surface area contributed by atoms with Gasteiger partial charge in [-0.05, 0) is 31.2 Å². The average Bonchev–Trinajstić information content (AvgIpc) is 3.33. The first-order valence-electron chi connectivity index (χ1n) is 8.35. The Morgan fingerprint density at radius 1 is 0.964 bits per heavy atom. The number of hydrogen-bond acceptors (Lipinski definition) is 9. The number of imidazole rings is 1. The quantitative estimate of drug-likeness (QED) is 0.518. The molecule has 3 heterocycles. The molecule has 0 bridgehead atoms. The number of anilines is 2. The van der Waals surface area contributed by atoms with Crippen LogP contribution in [0.2, 0.25) is 0 Å². The first kappa shape index (κ1) is 17.6.